The summed E-state index contributed by atoms with van der Waals surface area (Å²) in [7, 11) is 0. The van der Waals surface area contributed by atoms with Crippen LogP contribution in [0.1, 0.15) is 11.1 Å². The Morgan fingerprint density at radius 1 is 1.00 bits per heavy atom. The molecule has 2 N–H and O–H groups in total. The standard InChI is InChI=1S/C15H12BrNO/c16-14-9-5-4-8-12(14)13(10-15(17)18)11-6-2-1-3-7-11/h1-10H,(H2,17,18)/b13-10-. The minimum absolute atomic E-state index is 0.454. The van der Waals surface area contributed by atoms with Gasteiger partial charge < -0.3 is 5.73 Å². The predicted octanol–water partition coefficient (Wildman–Crippen LogP) is 3.37. The third-order valence-corrected chi connectivity index (χ3v) is 3.23. The molecule has 2 aromatic carbocycles. The van der Waals surface area contributed by atoms with Gasteiger partial charge in [-0.15, -0.1) is 0 Å². The van der Waals surface area contributed by atoms with E-state index in [0.717, 1.165) is 21.2 Å². The van der Waals surface area contributed by atoms with Crippen molar-refractivity contribution in [2.24, 2.45) is 5.73 Å². The summed E-state index contributed by atoms with van der Waals surface area (Å²) in [6.45, 7) is 0. The fourth-order valence-electron chi connectivity index (χ4n) is 1.76. The average molecular weight is 302 g/mol. The first-order valence-corrected chi connectivity index (χ1v) is 6.29. The largest absolute Gasteiger partial charge is 0.366 e. The number of halogens is 1. The topological polar surface area (TPSA) is 43.1 Å². The van der Waals surface area contributed by atoms with Crippen molar-refractivity contribution >= 4 is 27.4 Å². The van der Waals surface area contributed by atoms with Crippen LogP contribution in [0.25, 0.3) is 5.57 Å². The second-order valence-corrected chi connectivity index (χ2v) is 4.66. The van der Waals surface area contributed by atoms with Gasteiger partial charge in [0.25, 0.3) is 0 Å². The Morgan fingerprint density at radius 3 is 2.22 bits per heavy atom. The van der Waals surface area contributed by atoms with Gasteiger partial charge in [0.15, 0.2) is 0 Å². The van der Waals surface area contributed by atoms with E-state index in [1.807, 2.05) is 54.6 Å². The van der Waals surface area contributed by atoms with E-state index in [4.69, 9.17) is 5.73 Å². The molecule has 0 aliphatic heterocycles. The molecule has 0 saturated heterocycles. The monoisotopic (exact) mass is 301 g/mol. The van der Waals surface area contributed by atoms with Gasteiger partial charge in [-0.1, -0.05) is 64.5 Å². The lowest BCUT2D eigenvalue weighted by atomic mass is 9.97. The zero-order valence-electron chi connectivity index (χ0n) is 9.64. The first-order valence-electron chi connectivity index (χ1n) is 5.50. The SMILES string of the molecule is NC(=O)/C=C(/c1ccccc1)c1ccccc1Br. The van der Waals surface area contributed by atoms with Gasteiger partial charge in [0.2, 0.25) is 5.91 Å². The normalized spacial score (nSPS) is 11.3. The van der Waals surface area contributed by atoms with Crippen molar-refractivity contribution in [2.45, 2.75) is 0 Å². The molecule has 90 valence electrons. The summed E-state index contributed by atoms with van der Waals surface area (Å²) in [6, 6.07) is 17.5. The fraction of sp³-hybridized carbons (Fsp3) is 0. The van der Waals surface area contributed by atoms with E-state index >= 15 is 0 Å². The van der Waals surface area contributed by atoms with Crippen molar-refractivity contribution in [1.29, 1.82) is 0 Å². The molecule has 0 radical (unpaired) electrons. The van der Waals surface area contributed by atoms with Gasteiger partial charge in [-0.05, 0) is 22.8 Å². The van der Waals surface area contributed by atoms with E-state index in [9.17, 15) is 4.79 Å². The Labute approximate surface area is 114 Å². The van der Waals surface area contributed by atoms with Gasteiger partial charge >= 0.3 is 0 Å². The van der Waals surface area contributed by atoms with Crippen molar-refractivity contribution < 1.29 is 4.79 Å². The van der Waals surface area contributed by atoms with Crippen LogP contribution in [0.3, 0.4) is 0 Å². The lowest BCUT2D eigenvalue weighted by Gasteiger charge is -2.09. The number of hydrogen-bond donors (Lipinski definition) is 1. The molecule has 2 rings (SSSR count). The van der Waals surface area contributed by atoms with Gasteiger partial charge in [-0.3, -0.25) is 4.79 Å². The third-order valence-electron chi connectivity index (χ3n) is 2.54. The van der Waals surface area contributed by atoms with E-state index in [1.165, 1.54) is 6.08 Å². The molecule has 0 heterocycles. The summed E-state index contributed by atoms with van der Waals surface area (Å²) in [4.78, 5) is 11.2. The summed E-state index contributed by atoms with van der Waals surface area (Å²) in [5.74, 6) is -0.454. The summed E-state index contributed by atoms with van der Waals surface area (Å²) in [6.07, 6.45) is 1.45. The van der Waals surface area contributed by atoms with Crippen LogP contribution in [0.2, 0.25) is 0 Å². The summed E-state index contributed by atoms with van der Waals surface area (Å²) in [5, 5.41) is 0. The molecular weight excluding hydrogens is 290 g/mol. The van der Waals surface area contributed by atoms with E-state index in [2.05, 4.69) is 15.9 Å². The molecule has 0 aliphatic carbocycles. The van der Waals surface area contributed by atoms with Crippen molar-refractivity contribution in [2.75, 3.05) is 0 Å². The van der Waals surface area contributed by atoms with Crippen molar-refractivity contribution in [3.05, 3.63) is 76.3 Å². The van der Waals surface area contributed by atoms with Crippen molar-refractivity contribution in [1.82, 2.24) is 0 Å². The van der Waals surface area contributed by atoms with Crippen LogP contribution >= 0.6 is 15.9 Å². The number of carbonyl (C=O) groups is 1. The number of carbonyl (C=O) groups excluding carboxylic acids is 1. The Kier molecular flexibility index (Phi) is 3.95. The van der Waals surface area contributed by atoms with Crippen LogP contribution in [-0.2, 0) is 4.79 Å². The first-order chi connectivity index (χ1) is 8.68. The molecule has 1 amide bonds. The summed E-state index contributed by atoms with van der Waals surface area (Å²) >= 11 is 3.49. The predicted molar refractivity (Wildman–Crippen MR) is 76.9 cm³/mol. The quantitative estimate of drug-likeness (QED) is 0.868. The van der Waals surface area contributed by atoms with Crippen LogP contribution in [0.5, 0.6) is 0 Å². The van der Waals surface area contributed by atoms with Gasteiger partial charge in [0, 0.05) is 10.5 Å². The second kappa shape index (κ2) is 5.65. The molecule has 0 atom stereocenters. The fourth-order valence-corrected chi connectivity index (χ4v) is 2.25. The average Bonchev–Trinajstić information content (AvgIpc) is 2.38. The zero-order valence-corrected chi connectivity index (χ0v) is 11.2. The highest BCUT2D eigenvalue weighted by molar-refractivity contribution is 9.10. The highest BCUT2D eigenvalue weighted by atomic mass is 79.9. The third kappa shape index (κ3) is 2.87. The van der Waals surface area contributed by atoms with Crippen LogP contribution in [0.4, 0.5) is 0 Å². The van der Waals surface area contributed by atoms with Crippen LogP contribution in [0.15, 0.2) is 65.1 Å². The molecule has 0 unspecified atom stereocenters. The molecule has 0 aliphatic rings. The maximum atomic E-state index is 11.2. The first kappa shape index (κ1) is 12.6. The highest BCUT2D eigenvalue weighted by Crippen LogP contribution is 2.29. The number of nitrogens with two attached hydrogens (primary N) is 1. The van der Waals surface area contributed by atoms with Gasteiger partial charge in [0.1, 0.15) is 0 Å². The van der Waals surface area contributed by atoms with Crippen LogP contribution in [0, 0.1) is 0 Å². The van der Waals surface area contributed by atoms with Gasteiger partial charge in [-0.2, -0.15) is 0 Å². The van der Waals surface area contributed by atoms with E-state index in [1.54, 1.807) is 0 Å². The molecule has 3 heteroatoms. The van der Waals surface area contributed by atoms with Gasteiger partial charge in [0.05, 0.1) is 0 Å². The minimum Gasteiger partial charge on any atom is -0.366 e. The molecule has 2 nitrogen and oxygen atoms in total. The smallest absolute Gasteiger partial charge is 0.242 e. The van der Waals surface area contributed by atoms with Gasteiger partial charge in [-0.25, -0.2) is 0 Å². The summed E-state index contributed by atoms with van der Waals surface area (Å²) < 4.78 is 0.932. The Hall–Kier alpha value is -1.87. The lowest BCUT2D eigenvalue weighted by Crippen LogP contribution is -2.07. The number of amides is 1. The highest BCUT2D eigenvalue weighted by Gasteiger charge is 2.09. The summed E-state index contributed by atoms with van der Waals surface area (Å²) in [5.41, 5.74) is 8.01. The van der Waals surface area contributed by atoms with Crippen LogP contribution < -0.4 is 5.73 Å². The minimum atomic E-state index is -0.454. The Morgan fingerprint density at radius 2 is 1.61 bits per heavy atom. The number of benzene rings is 2. The molecule has 0 spiro atoms. The van der Waals surface area contributed by atoms with Crippen molar-refractivity contribution in [3.63, 3.8) is 0 Å². The second-order valence-electron chi connectivity index (χ2n) is 3.81. The van der Waals surface area contributed by atoms with E-state index in [0.29, 0.717) is 0 Å². The van der Waals surface area contributed by atoms with Crippen LogP contribution in [-0.4, -0.2) is 5.91 Å². The Bertz CT molecular complexity index is 590. The molecule has 2 aromatic rings. The van der Waals surface area contributed by atoms with E-state index < -0.39 is 5.91 Å². The number of rotatable bonds is 3. The maximum absolute atomic E-state index is 11.2. The lowest BCUT2D eigenvalue weighted by molar-refractivity contribution is -0.113. The zero-order chi connectivity index (χ0) is 13.0. The maximum Gasteiger partial charge on any atom is 0.242 e. The number of primary amides is 1. The molecule has 0 aromatic heterocycles. The number of hydrogen-bond acceptors (Lipinski definition) is 1. The molecular formula is C15H12BrNO. The molecule has 0 fully saturated rings. The van der Waals surface area contributed by atoms with Crippen molar-refractivity contribution in [3.8, 4) is 0 Å². The Balaban J connectivity index is 2.59. The molecule has 0 saturated carbocycles. The molecule has 18 heavy (non-hydrogen) atoms. The van der Waals surface area contributed by atoms with E-state index in [-0.39, 0.29) is 0 Å². The molecule has 0 bridgehead atoms.